The lowest BCUT2D eigenvalue weighted by Crippen LogP contribution is -2.31. The van der Waals surface area contributed by atoms with Crippen LogP contribution in [-0.2, 0) is 6.54 Å². The van der Waals surface area contributed by atoms with Gasteiger partial charge in [0.2, 0.25) is 5.95 Å². The number of carbonyl (C=O) groups is 1. The number of amides is 1. The van der Waals surface area contributed by atoms with E-state index < -0.39 is 0 Å². The molecular formula is C16H20ClN5O. The molecule has 0 unspecified atom stereocenters. The summed E-state index contributed by atoms with van der Waals surface area (Å²) in [5, 5.41) is 6.62. The van der Waals surface area contributed by atoms with E-state index in [9.17, 15) is 4.79 Å². The third kappa shape index (κ3) is 5.84. The predicted molar refractivity (Wildman–Crippen MR) is 91.7 cm³/mol. The van der Waals surface area contributed by atoms with Gasteiger partial charge in [0.25, 0.3) is 5.91 Å². The first-order valence-corrected chi connectivity index (χ1v) is 7.65. The molecule has 2 rings (SSSR count). The highest BCUT2D eigenvalue weighted by atomic mass is 35.5. The van der Waals surface area contributed by atoms with E-state index in [1.54, 1.807) is 0 Å². The molecule has 0 aliphatic carbocycles. The van der Waals surface area contributed by atoms with Crippen molar-refractivity contribution >= 4 is 23.5 Å². The first-order chi connectivity index (χ1) is 11.0. The van der Waals surface area contributed by atoms with E-state index in [0.717, 1.165) is 12.1 Å². The van der Waals surface area contributed by atoms with E-state index in [2.05, 4.69) is 20.6 Å². The van der Waals surface area contributed by atoms with Gasteiger partial charge in [0.15, 0.2) is 0 Å². The standard InChI is InChI=1S/C16H20ClN5O/c1-22(2)8-7-18-15(23)13-10-20-16(21-11-13)19-9-12-3-5-14(17)6-4-12/h3-6,10-11H,7-9H2,1-2H3,(H,18,23)(H,19,20,21). The molecule has 2 aromatic rings. The Kier molecular flexibility index (Phi) is 6.31. The van der Waals surface area contributed by atoms with Crippen LogP contribution in [0.4, 0.5) is 5.95 Å². The molecule has 0 atom stereocenters. The second kappa shape index (κ2) is 8.45. The van der Waals surface area contributed by atoms with Crippen LogP contribution in [0.25, 0.3) is 0 Å². The van der Waals surface area contributed by atoms with Crippen LogP contribution in [0.1, 0.15) is 15.9 Å². The number of anilines is 1. The van der Waals surface area contributed by atoms with Crippen molar-refractivity contribution in [3.63, 3.8) is 0 Å². The SMILES string of the molecule is CN(C)CCNC(=O)c1cnc(NCc2ccc(Cl)cc2)nc1. The Labute approximate surface area is 140 Å². The molecule has 6 nitrogen and oxygen atoms in total. The summed E-state index contributed by atoms with van der Waals surface area (Å²) in [6.07, 6.45) is 3.03. The number of likely N-dealkylation sites (N-methyl/N-ethyl adjacent to an activating group) is 1. The smallest absolute Gasteiger partial charge is 0.254 e. The molecule has 0 saturated carbocycles. The molecule has 1 heterocycles. The Hall–Kier alpha value is -2.18. The fourth-order valence-electron chi connectivity index (χ4n) is 1.82. The molecular weight excluding hydrogens is 314 g/mol. The van der Waals surface area contributed by atoms with Crippen LogP contribution in [0.3, 0.4) is 0 Å². The highest BCUT2D eigenvalue weighted by Gasteiger charge is 2.06. The largest absolute Gasteiger partial charge is 0.351 e. The molecule has 1 amide bonds. The monoisotopic (exact) mass is 333 g/mol. The molecule has 1 aromatic carbocycles. The molecule has 2 N–H and O–H groups in total. The zero-order valence-electron chi connectivity index (χ0n) is 13.2. The topological polar surface area (TPSA) is 70.2 Å². The van der Waals surface area contributed by atoms with Crippen LogP contribution >= 0.6 is 11.6 Å². The van der Waals surface area contributed by atoms with Gasteiger partial charge < -0.3 is 15.5 Å². The Morgan fingerprint density at radius 2 is 1.83 bits per heavy atom. The maximum atomic E-state index is 11.9. The highest BCUT2D eigenvalue weighted by Crippen LogP contribution is 2.10. The van der Waals surface area contributed by atoms with Crippen molar-refractivity contribution in [1.82, 2.24) is 20.2 Å². The van der Waals surface area contributed by atoms with Gasteiger partial charge in [-0.25, -0.2) is 9.97 Å². The Bertz CT molecular complexity index is 628. The average molecular weight is 334 g/mol. The minimum absolute atomic E-state index is 0.170. The average Bonchev–Trinajstić information content (AvgIpc) is 2.54. The van der Waals surface area contributed by atoms with E-state index in [-0.39, 0.29) is 5.91 Å². The number of aromatic nitrogens is 2. The Morgan fingerprint density at radius 3 is 2.43 bits per heavy atom. The number of rotatable bonds is 7. The fraction of sp³-hybridized carbons (Fsp3) is 0.312. The van der Waals surface area contributed by atoms with Crippen molar-refractivity contribution in [2.24, 2.45) is 0 Å². The first kappa shape index (κ1) is 17.2. The number of halogens is 1. The molecule has 0 aliphatic heterocycles. The maximum absolute atomic E-state index is 11.9. The zero-order valence-corrected chi connectivity index (χ0v) is 14.0. The van der Waals surface area contributed by atoms with Gasteiger partial charge in [-0.3, -0.25) is 4.79 Å². The number of benzene rings is 1. The van der Waals surface area contributed by atoms with Crippen molar-refractivity contribution in [1.29, 1.82) is 0 Å². The first-order valence-electron chi connectivity index (χ1n) is 7.28. The lowest BCUT2D eigenvalue weighted by atomic mass is 10.2. The van der Waals surface area contributed by atoms with Gasteiger partial charge in [-0.15, -0.1) is 0 Å². The second-order valence-electron chi connectivity index (χ2n) is 5.33. The van der Waals surface area contributed by atoms with Crippen LogP contribution in [0.2, 0.25) is 5.02 Å². The second-order valence-corrected chi connectivity index (χ2v) is 5.77. The molecule has 0 aliphatic rings. The van der Waals surface area contributed by atoms with Crippen molar-refractivity contribution < 1.29 is 4.79 Å². The number of carbonyl (C=O) groups excluding carboxylic acids is 1. The van der Waals surface area contributed by atoms with Gasteiger partial charge >= 0.3 is 0 Å². The third-order valence-corrected chi connectivity index (χ3v) is 3.37. The molecule has 0 radical (unpaired) electrons. The Balaban J connectivity index is 1.84. The van der Waals surface area contributed by atoms with Gasteiger partial charge in [-0.2, -0.15) is 0 Å². The minimum atomic E-state index is -0.170. The molecule has 0 bridgehead atoms. The van der Waals surface area contributed by atoms with Crippen molar-refractivity contribution in [2.75, 3.05) is 32.5 Å². The summed E-state index contributed by atoms with van der Waals surface area (Å²) in [7, 11) is 3.91. The van der Waals surface area contributed by atoms with Crippen LogP contribution < -0.4 is 10.6 Å². The molecule has 23 heavy (non-hydrogen) atoms. The summed E-state index contributed by atoms with van der Waals surface area (Å²) in [6, 6.07) is 7.53. The molecule has 1 aromatic heterocycles. The molecule has 0 spiro atoms. The Morgan fingerprint density at radius 1 is 1.17 bits per heavy atom. The summed E-state index contributed by atoms with van der Waals surface area (Å²) in [5.74, 6) is 0.306. The number of hydrogen-bond acceptors (Lipinski definition) is 5. The summed E-state index contributed by atoms with van der Waals surface area (Å²) in [5.41, 5.74) is 1.52. The van der Waals surface area contributed by atoms with Crippen molar-refractivity contribution in [2.45, 2.75) is 6.54 Å². The van der Waals surface area contributed by atoms with E-state index in [1.165, 1.54) is 12.4 Å². The van der Waals surface area contributed by atoms with E-state index >= 15 is 0 Å². The summed E-state index contributed by atoms with van der Waals surface area (Å²) < 4.78 is 0. The third-order valence-electron chi connectivity index (χ3n) is 3.12. The number of hydrogen-bond donors (Lipinski definition) is 2. The zero-order chi connectivity index (χ0) is 16.7. The predicted octanol–water partition coefficient (Wildman–Crippen LogP) is 2.03. The van der Waals surface area contributed by atoms with Crippen molar-refractivity contribution in [3.8, 4) is 0 Å². The minimum Gasteiger partial charge on any atom is -0.351 e. The van der Waals surface area contributed by atoms with Crippen LogP contribution in [0.15, 0.2) is 36.7 Å². The lowest BCUT2D eigenvalue weighted by Gasteiger charge is -2.10. The van der Waals surface area contributed by atoms with Gasteiger partial charge in [0.05, 0.1) is 5.56 Å². The van der Waals surface area contributed by atoms with Crippen LogP contribution in [0, 0.1) is 0 Å². The molecule has 0 fully saturated rings. The van der Waals surface area contributed by atoms with Crippen LogP contribution in [-0.4, -0.2) is 48.0 Å². The fourth-order valence-corrected chi connectivity index (χ4v) is 1.94. The quantitative estimate of drug-likeness (QED) is 0.811. The molecule has 7 heteroatoms. The number of nitrogens with one attached hydrogen (secondary N) is 2. The normalized spacial score (nSPS) is 10.6. The van der Waals surface area contributed by atoms with E-state index in [0.29, 0.717) is 29.6 Å². The number of nitrogens with zero attached hydrogens (tertiary/aromatic N) is 3. The maximum Gasteiger partial charge on any atom is 0.254 e. The molecule has 122 valence electrons. The van der Waals surface area contributed by atoms with Gasteiger partial charge in [-0.05, 0) is 31.8 Å². The van der Waals surface area contributed by atoms with Gasteiger partial charge in [0.1, 0.15) is 0 Å². The lowest BCUT2D eigenvalue weighted by molar-refractivity contribution is 0.0950. The van der Waals surface area contributed by atoms with Crippen LogP contribution in [0.5, 0.6) is 0 Å². The van der Waals surface area contributed by atoms with E-state index in [4.69, 9.17) is 11.6 Å². The van der Waals surface area contributed by atoms with E-state index in [1.807, 2.05) is 43.3 Å². The molecule has 0 saturated heterocycles. The summed E-state index contributed by atoms with van der Waals surface area (Å²) in [4.78, 5) is 22.2. The highest BCUT2D eigenvalue weighted by molar-refractivity contribution is 6.30. The van der Waals surface area contributed by atoms with Crippen molar-refractivity contribution in [3.05, 3.63) is 52.8 Å². The summed E-state index contributed by atoms with van der Waals surface area (Å²) in [6.45, 7) is 1.96. The summed E-state index contributed by atoms with van der Waals surface area (Å²) >= 11 is 5.84. The van der Waals surface area contributed by atoms with Gasteiger partial charge in [0, 0.05) is 37.1 Å². The van der Waals surface area contributed by atoms with Gasteiger partial charge in [-0.1, -0.05) is 23.7 Å².